The van der Waals surface area contributed by atoms with Crippen LogP contribution in [0.3, 0.4) is 0 Å². The Morgan fingerprint density at radius 2 is 1.44 bits per heavy atom. The van der Waals surface area contributed by atoms with Crippen molar-refractivity contribution in [3.63, 3.8) is 0 Å². The predicted molar refractivity (Wildman–Crippen MR) is 68.8 cm³/mol. The molecule has 0 radical (unpaired) electrons. The van der Waals surface area contributed by atoms with Crippen molar-refractivity contribution in [1.82, 2.24) is 4.57 Å². The first-order chi connectivity index (χ1) is 7.72. The van der Waals surface area contributed by atoms with Crippen LogP contribution in [0.15, 0.2) is 36.4 Å². The Labute approximate surface area is 97.7 Å². The third kappa shape index (κ3) is 2.04. The van der Waals surface area contributed by atoms with E-state index in [0.29, 0.717) is 0 Å². The van der Waals surface area contributed by atoms with Gasteiger partial charge in [-0.3, -0.25) is 0 Å². The second-order valence-electron chi connectivity index (χ2n) is 4.32. The van der Waals surface area contributed by atoms with E-state index in [1.165, 1.54) is 22.5 Å². The molecule has 0 fully saturated rings. The van der Waals surface area contributed by atoms with Gasteiger partial charge in [-0.05, 0) is 43.5 Å². The molecular weight excluding hydrogens is 194 g/mol. The lowest BCUT2D eigenvalue weighted by Crippen LogP contribution is -2.05. The fourth-order valence-corrected chi connectivity index (χ4v) is 2.18. The van der Waals surface area contributed by atoms with E-state index in [1.54, 1.807) is 0 Å². The molecule has 0 aliphatic carbocycles. The molecule has 1 heterocycles. The van der Waals surface area contributed by atoms with Crippen LogP contribution in [-0.4, -0.2) is 4.57 Å². The van der Waals surface area contributed by atoms with E-state index < -0.39 is 0 Å². The van der Waals surface area contributed by atoms with Gasteiger partial charge in [-0.25, -0.2) is 0 Å². The first-order valence-electron chi connectivity index (χ1n) is 5.92. The molecule has 0 unspecified atom stereocenters. The van der Waals surface area contributed by atoms with Gasteiger partial charge in [-0.2, -0.15) is 0 Å². The topological polar surface area (TPSA) is 4.93 Å². The normalized spacial score (nSPS) is 10.7. The largest absolute Gasteiger partial charge is 0.345 e. The van der Waals surface area contributed by atoms with Crippen LogP contribution in [0.1, 0.15) is 29.4 Å². The molecule has 0 aliphatic heterocycles. The number of benzene rings is 1. The summed E-state index contributed by atoms with van der Waals surface area (Å²) in [5.41, 5.74) is 5.56. The number of hydrogen-bond donors (Lipinski definition) is 0. The molecule has 0 N–H and O–H groups in total. The molecule has 0 spiro atoms. The van der Waals surface area contributed by atoms with Gasteiger partial charge in [0.1, 0.15) is 0 Å². The summed E-state index contributed by atoms with van der Waals surface area (Å²) in [5, 5.41) is 0. The maximum absolute atomic E-state index is 2.37. The van der Waals surface area contributed by atoms with E-state index in [-0.39, 0.29) is 0 Å². The van der Waals surface area contributed by atoms with Gasteiger partial charge in [-0.15, -0.1) is 0 Å². The van der Waals surface area contributed by atoms with Crippen LogP contribution in [0.5, 0.6) is 0 Å². The molecule has 0 atom stereocenters. The first-order valence-corrected chi connectivity index (χ1v) is 5.92. The molecule has 1 aromatic heterocycles. The van der Waals surface area contributed by atoms with Crippen molar-refractivity contribution >= 4 is 0 Å². The highest BCUT2D eigenvalue weighted by atomic mass is 15.0. The summed E-state index contributed by atoms with van der Waals surface area (Å²) in [6, 6.07) is 13.1. The number of hydrogen-bond acceptors (Lipinski definition) is 0. The number of rotatable bonds is 3. The lowest BCUT2D eigenvalue weighted by atomic mass is 10.1. The third-order valence-corrected chi connectivity index (χ3v) is 3.24. The van der Waals surface area contributed by atoms with E-state index in [0.717, 1.165) is 13.0 Å². The molecule has 0 amide bonds. The van der Waals surface area contributed by atoms with Crippen molar-refractivity contribution in [2.45, 2.75) is 33.7 Å². The minimum Gasteiger partial charge on any atom is -0.345 e. The van der Waals surface area contributed by atoms with Crippen LogP contribution in [0, 0.1) is 13.8 Å². The number of aromatic nitrogens is 1. The van der Waals surface area contributed by atoms with Crippen molar-refractivity contribution in [1.29, 1.82) is 0 Å². The molecule has 1 heteroatoms. The molecular formula is C15H19N. The molecule has 1 nitrogen and oxygen atoms in total. The SMILES string of the molecule is CCc1ccccc1Cn1c(C)ccc1C. The van der Waals surface area contributed by atoms with Gasteiger partial charge in [0.05, 0.1) is 0 Å². The summed E-state index contributed by atoms with van der Waals surface area (Å²) in [4.78, 5) is 0. The Morgan fingerprint density at radius 3 is 2.00 bits per heavy atom. The van der Waals surface area contributed by atoms with Crippen LogP contribution < -0.4 is 0 Å². The molecule has 0 aliphatic rings. The lowest BCUT2D eigenvalue weighted by Gasteiger charge is -2.12. The summed E-state index contributed by atoms with van der Waals surface area (Å²) >= 11 is 0. The van der Waals surface area contributed by atoms with E-state index in [2.05, 4.69) is 61.7 Å². The lowest BCUT2D eigenvalue weighted by molar-refractivity contribution is 0.742. The molecule has 0 saturated carbocycles. The zero-order chi connectivity index (χ0) is 11.5. The molecule has 2 rings (SSSR count). The Morgan fingerprint density at radius 1 is 0.875 bits per heavy atom. The van der Waals surface area contributed by atoms with Crippen molar-refractivity contribution in [2.24, 2.45) is 0 Å². The van der Waals surface area contributed by atoms with Crippen LogP contribution in [0.2, 0.25) is 0 Å². The zero-order valence-electron chi connectivity index (χ0n) is 10.3. The Hall–Kier alpha value is -1.50. The summed E-state index contributed by atoms with van der Waals surface area (Å²) < 4.78 is 2.37. The zero-order valence-corrected chi connectivity index (χ0v) is 10.3. The summed E-state index contributed by atoms with van der Waals surface area (Å²) in [6.45, 7) is 7.55. The fraction of sp³-hybridized carbons (Fsp3) is 0.333. The minimum absolute atomic E-state index is 0.995. The fourth-order valence-electron chi connectivity index (χ4n) is 2.18. The standard InChI is InChI=1S/C15H19N/c1-4-14-7-5-6-8-15(14)11-16-12(2)9-10-13(16)3/h5-10H,4,11H2,1-3H3. The van der Waals surface area contributed by atoms with Gasteiger partial charge in [0.2, 0.25) is 0 Å². The predicted octanol–water partition coefficient (Wildman–Crippen LogP) is 3.72. The minimum atomic E-state index is 0.995. The summed E-state index contributed by atoms with van der Waals surface area (Å²) in [7, 11) is 0. The van der Waals surface area contributed by atoms with Crippen LogP contribution in [0.25, 0.3) is 0 Å². The molecule has 2 aromatic rings. The summed E-state index contributed by atoms with van der Waals surface area (Å²) in [5.74, 6) is 0. The van der Waals surface area contributed by atoms with Crippen LogP contribution in [0.4, 0.5) is 0 Å². The Kier molecular flexibility index (Phi) is 3.14. The molecule has 16 heavy (non-hydrogen) atoms. The molecule has 0 bridgehead atoms. The summed E-state index contributed by atoms with van der Waals surface area (Å²) in [6.07, 6.45) is 1.11. The van der Waals surface area contributed by atoms with Crippen molar-refractivity contribution < 1.29 is 0 Å². The van der Waals surface area contributed by atoms with Gasteiger partial charge >= 0.3 is 0 Å². The number of nitrogens with zero attached hydrogens (tertiary/aromatic N) is 1. The van der Waals surface area contributed by atoms with Crippen molar-refractivity contribution in [2.75, 3.05) is 0 Å². The second kappa shape index (κ2) is 4.56. The highest BCUT2D eigenvalue weighted by Gasteiger charge is 2.04. The van der Waals surface area contributed by atoms with Gasteiger partial charge < -0.3 is 4.57 Å². The molecule has 1 aromatic carbocycles. The van der Waals surface area contributed by atoms with E-state index in [1.807, 2.05) is 0 Å². The van der Waals surface area contributed by atoms with Crippen molar-refractivity contribution in [3.8, 4) is 0 Å². The second-order valence-corrected chi connectivity index (χ2v) is 4.32. The molecule has 84 valence electrons. The highest BCUT2D eigenvalue weighted by molar-refractivity contribution is 5.28. The van der Waals surface area contributed by atoms with E-state index >= 15 is 0 Å². The van der Waals surface area contributed by atoms with Gasteiger partial charge in [0.15, 0.2) is 0 Å². The first kappa shape index (κ1) is 11.0. The number of aryl methyl sites for hydroxylation is 3. The quantitative estimate of drug-likeness (QED) is 0.732. The van der Waals surface area contributed by atoms with Gasteiger partial charge in [0, 0.05) is 17.9 Å². The average molecular weight is 213 g/mol. The van der Waals surface area contributed by atoms with E-state index in [9.17, 15) is 0 Å². The molecule has 0 saturated heterocycles. The van der Waals surface area contributed by atoms with Gasteiger partial charge in [0.25, 0.3) is 0 Å². The average Bonchev–Trinajstić information content (AvgIpc) is 2.61. The smallest absolute Gasteiger partial charge is 0.0477 e. The highest BCUT2D eigenvalue weighted by Crippen LogP contribution is 2.15. The maximum atomic E-state index is 2.37. The van der Waals surface area contributed by atoms with Crippen molar-refractivity contribution in [3.05, 3.63) is 58.9 Å². The van der Waals surface area contributed by atoms with Crippen LogP contribution >= 0.6 is 0 Å². The maximum Gasteiger partial charge on any atom is 0.0477 e. The van der Waals surface area contributed by atoms with Crippen LogP contribution in [-0.2, 0) is 13.0 Å². The third-order valence-electron chi connectivity index (χ3n) is 3.24. The van der Waals surface area contributed by atoms with Gasteiger partial charge in [-0.1, -0.05) is 31.2 Å². The van der Waals surface area contributed by atoms with E-state index in [4.69, 9.17) is 0 Å². The Bertz CT molecular complexity index is 460. The Balaban J connectivity index is 2.34. The monoisotopic (exact) mass is 213 g/mol.